The van der Waals surface area contributed by atoms with E-state index in [9.17, 15) is 14.4 Å². The molecule has 0 saturated carbocycles. The molecule has 0 radical (unpaired) electrons. The summed E-state index contributed by atoms with van der Waals surface area (Å²) >= 11 is 3.48. The molecule has 2 heterocycles. The van der Waals surface area contributed by atoms with Gasteiger partial charge in [-0.25, -0.2) is 14.4 Å². The molecule has 0 spiro atoms. The molecule has 2 fully saturated rings. The molecule has 34 heavy (non-hydrogen) atoms. The molecule has 2 saturated heterocycles. The minimum absolute atomic E-state index is 0.0243. The van der Waals surface area contributed by atoms with Crippen LogP contribution >= 0.6 is 15.9 Å². The van der Waals surface area contributed by atoms with E-state index in [0.717, 1.165) is 28.1 Å². The summed E-state index contributed by atoms with van der Waals surface area (Å²) in [5.41, 5.74) is 0. The largest absolute Gasteiger partial charge is 0.479 e. The van der Waals surface area contributed by atoms with Crippen LogP contribution in [0.1, 0.15) is 32.6 Å². The predicted molar refractivity (Wildman–Crippen MR) is 130 cm³/mol. The zero-order chi connectivity index (χ0) is 24.8. The molecule has 0 aliphatic carbocycles. The molecule has 2 aliphatic heterocycles. The SMILES string of the molecule is CC(Oc1ccc2cc(Br)ccc2c1)C(=O)OC1CC2CCC(C1)N2C.O=C(O)/C=C\C(=O)O. The molecule has 8 nitrogen and oxygen atoms in total. The number of carboxylic acid groups (broad SMARTS) is 2. The summed E-state index contributed by atoms with van der Waals surface area (Å²) in [6.07, 6.45) is 4.84. The molecule has 0 amide bonds. The number of esters is 1. The van der Waals surface area contributed by atoms with Gasteiger partial charge in [-0.05, 0) is 74.7 Å². The normalized spacial score (nSPS) is 22.6. The van der Waals surface area contributed by atoms with Gasteiger partial charge in [-0.3, -0.25) is 0 Å². The van der Waals surface area contributed by atoms with E-state index in [-0.39, 0.29) is 12.1 Å². The van der Waals surface area contributed by atoms with Gasteiger partial charge < -0.3 is 24.6 Å². The summed E-state index contributed by atoms with van der Waals surface area (Å²) in [7, 11) is 2.18. The first-order chi connectivity index (χ1) is 16.1. The number of nitrogens with zero attached hydrogens (tertiary/aromatic N) is 1. The van der Waals surface area contributed by atoms with Crippen LogP contribution in [0.15, 0.2) is 53.0 Å². The first kappa shape index (κ1) is 25.7. The number of piperidine rings is 1. The molecule has 3 unspecified atom stereocenters. The number of rotatable bonds is 6. The van der Waals surface area contributed by atoms with Gasteiger partial charge in [0.1, 0.15) is 11.9 Å². The van der Waals surface area contributed by atoms with Crippen LogP contribution < -0.4 is 4.74 Å². The summed E-state index contributed by atoms with van der Waals surface area (Å²) in [4.78, 5) is 34.0. The Morgan fingerprint density at radius 2 is 1.56 bits per heavy atom. The Balaban J connectivity index is 0.000000350. The second kappa shape index (κ2) is 11.5. The van der Waals surface area contributed by atoms with Crippen molar-refractivity contribution in [2.75, 3.05) is 7.05 Å². The summed E-state index contributed by atoms with van der Waals surface area (Å²) in [5, 5.41) is 17.8. The molecule has 0 aromatic heterocycles. The highest BCUT2D eigenvalue weighted by atomic mass is 79.9. The van der Waals surface area contributed by atoms with Crippen LogP contribution in [0.3, 0.4) is 0 Å². The van der Waals surface area contributed by atoms with Crippen molar-refractivity contribution in [3.05, 3.63) is 53.0 Å². The van der Waals surface area contributed by atoms with E-state index < -0.39 is 18.0 Å². The minimum Gasteiger partial charge on any atom is -0.479 e. The van der Waals surface area contributed by atoms with Crippen molar-refractivity contribution in [2.45, 2.75) is 56.9 Å². The average Bonchev–Trinajstić information content (AvgIpc) is 2.98. The van der Waals surface area contributed by atoms with Gasteiger partial charge in [0.25, 0.3) is 0 Å². The number of ether oxygens (including phenoxy) is 2. The molecule has 4 rings (SSSR count). The molecule has 2 bridgehead atoms. The van der Waals surface area contributed by atoms with Crippen molar-refractivity contribution in [1.82, 2.24) is 4.90 Å². The van der Waals surface area contributed by atoms with Crippen LogP contribution in [0.5, 0.6) is 5.75 Å². The third-order valence-corrected chi connectivity index (χ3v) is 6.62. The Morgan fingerprint density at radius 1 is 1.00 bits per heavy atom. The monoisotopic (exact) mass is 533 g/mol. The quantitative estimate of drug-likeness (QED) is 0.418. The summed E-state index contributed by atoms with van der Waals surface area (Å²) in [6.45, 7) is 1.76. The Hall–Kier alpha value is -2.91. The van der Waals surface area contributed by atoms with Gasteiger partial charge in [0, 0.05) is 28.7 Å². The van der Waals surface area contributed by atoms with Crippen molar-refractivity contribution in [3.8, 4) is 5.75 Å². The smallest absolute Gasteiger partial charge is 0.347 e. The van der Waals surface area contributed by atoms with Crippen LogP contribution in [0.4, 0.5) is 0 Å². The number of fused-ring (bicyclic) bond motifs is 3. The van der Waals surface area contributed by atoms with Gasteiger partial charge in [-0.2, -0.15) is 0 Å². The van der Waals surface area contributed by atoms with Gasteiger partial charge in [0.05, 0.1) is 0 Å². The van der Waals surface area contributed by atoms with Crippen LogP contribution in [-0.2, 0) is 19.1 Å². The summed E-state index contributed by atoms with van der Waals surface area (Å²) in [5.74, 6) is -2.10. The molecule has 9 heteroatoms. The number of carbonyl (C=O) groups excluding carboxylic acids is 1. The molecule has 3 atom stereocenters. The van der Waals surface area contributed by atoms with Crippen LogP contribution in [0.2, 0.25) is 0 Å². The van der Waals surface area contributed by atoms with E-state index in [1.165, 1.54) is 12.8 Å². The topological polar surface area (TPSA) is 113 Å². The lowest BCUT2D eigenvalue weighted by Crippen LogP contribution is -2.44. The van der Waals surface area contributed by atoms with E-state index in [1.54, 1.807) is 6.92 Å². The Bertz CT molecular complexity index is 1060. The Kier molecular flexibility index (Phi) is 8.68. The fourth-order valence-corrected chi connectivity index (χ4v) is 4.76. The van der Waals surface area contributed by atoms with Crippen molar-refractivity contribution in [1.29, 1.82) is 0 Å². The Labute approximate surface area is 206 Å². The van der Waals surface area contributed by atoms with E-state index in [2.05, 4.69) is 33.9 Å². The maximum atomic E-state index is 12.5. The van der Waals surface area contributed by atoms with E-state index >= 15 is 0 Å². The molecule has 2 N–H and O–H groups in total. The lowest BCUT2D eigenvalue weighted by molar-refractivity contribution is -0.160. The third-order valence-electron chi connectivity index (χ3n) is 6.12. The molecule has 2 aromatic rings. The number of hydrogen-bond donors (Lipinski definition) is 2. The number of hydrogen-bond acceptors (Lipinski definition) is 6. The van der Waals surface area contributed by atoms with Crippen molar-refractivity contribution >= 4 is 44.6 Å². The number of benzene rings is 2. The zero-order valence-electron chi connectivity index (χ0n) is 19.0. The maximum Gasteiger partial charge on any atom is 0.347 e. The van der Waals surface area contributed by atoms with E-state index in [1.807, 2.05) is 30.3 Å². The van der Waals surface area contributed by atoms with Gasteiger partial charge in [0.15, 0.2) is 6.10 Å². The van der Waals surface area contributed by atoms with Gasteiger partial charge >= 0.3 is 17.9 Å². The summed E-state index contributed by atoms with van der Waals surface area (Å²) < 4.78 is 12.7. The fraction of sp³-hybridized carbons (Fsp3) is 0.400. The number of halogens is 1. The summed E-state index contributed by atoms with van der Waals surface area (Å²) in [6, 6.07) is 13.1. The number of aliphatic carboxylic acids is 2. The second-order valence-electron chi connectivity index (χ2n) is 8.50. The predicted octanol–water partition coefficient (Wildman–Crippen LogP) is 4.25. The van der Waals surface area contributed by atoms with E-state index in [4.69, 9.17) is 19.7 Å². The first-order valence-corrected chi connectivity index (χ1v) is 11.8. The average molecular weight is 534 g/mol. The second-order valence-corrected chi connectivity index (χ2v) is 9.42. The van der Waals surface area contributed by atoms with Crippen LogP contribution in [0.25, 0.3) is 10.8 Å². The highest BCUT2D eigenvalue weighted by Gasteiger charge is 2.40. The zero-order valence-corrected chi connectivity index (χ0v) is 20.6. The molecule has 2 aromatic carbocycles. The molecular formula is C25H28BrNO7. The lowest BCUT2D eigenvalue weighted by atomic mass is 10.0. The fourth-order valence-electron chi connectivity index (χ4n) is 4.38. The molecule has 182 valence electrons. The highest BCUT2D eigenvalue weighted by Crippen LogP contribution is 2.35. The molecule has 2 aliphatic rings. The number of carboxylic acids is 2. The van der Waals surface area contributed by atoms with Crippen molar-refractivity contribution in [2.24, 2.45) is 0 Å². The van der Waals surface area contributed by atoms with Crippen LogP contribution in [-0.4, -0.2) is 64.4 Å². The third kappa shape index (κ3) is 7.04. The Morgan fingerprint density at radius 3 is 2.15 bits per heavy atom. The lowest BCUT2D eigenvalue weighted by Gasteiger charge is -2.36. The first-order valence-electron chi connectivity index (χ1n) is 11.0. The standard InChI is InChI=1S/C21H24BrNO3.C4H4O4/c1-13(21(24)26-20-11-17-6-7-18(12-20)23(17)2)25-19-8-4-14-9-16(22)5-3-15(14)10-19;5-3(6)1-2-4(7)8/h3-5,8-10,13,17-18,20H,6-7,11-12H2,1-2H3;1-2H,(H,5,6)(H,7,8)/b;2-1-. The highest BCUT2D eigenvalue weighted by molar-refractivity contribution is 9.10. The van der Waals surface area contributed by atoms with Crippen molar-refractivity contribution < 1.29 is 34.1 Å². The van der Waals surface area contributed by atoms with Gasteiger partial charge in [-0.15, -0.1) is 0 Å². The number of carbonyl (C=O) groups is 3. The van der Waals surface area contributed by atoms with Gasteiger partial charge in [0.2, 0.25) is 0 Å². The molecular weight excluding hydrogens is 506 g/mol. The van der Waals surface area contributed by atoms with E-state index in [0.29, 0.717) is 30.0 Å². The maximum absolute atomic E-state index is 12.5. The van der Waals surface area contributed by atoms with Crippen molar-refractivity contribution in [3.63, 3.8) is 0 Å². The minimum atomic E-state index is -1.26. The van der Waals surface area contributed by atoms with Gasteiger partial charge in [-0.1, -0.05) is 28.1 Å². The van der Waals surface area contributed by atoms with Crippen LogP contribution in [0, 0.1) is 0 Å².